The van der Waals surface area contributed by atoms with Crippen molar-refractivity contribution < 1.29 is 22.0 Å². The normalized spacial score (nSPS) is 15.4. The maximum absolute atomic E-state index is 13.4. The molecule has 7 heteroatoms. The van der Waals surface area contributed by atoms with E-state index in [2.05, 4.69) is 0 Å². The molecule has 2 rings (SSSR count). The molecule has 21 heavy (non-hydrogen) atoms. The van der Waals surface area contributed by atoms with Crippen molar-refractivity contribution in [1.82, 2.24) is 4.72 Å². The number of rotatable bonds is 4. The van der Waals surface area contributed by atoms with Crippen LogP contribution < -0.4 is 4.72 Å². The number of benzene rings is 1. The van der Waals surface area contributed by atoms with Crippen molar-refractivity contribution in [2.45, 2.75) is 31.4 Å². The molecule has 0 aromatic heterocycles. The Kier molecular flexibility index (Phi) is 4.72. The summed E-state index contributed by atoms with van der Waals surface area (Å²) in [6.45, 7) is 0. The smallest absolute Gasteiger partial charge is 0.260 e. The number of nitrogens with one attached hydrogen (secondary N) is 1. The molecule has 114 valence electrons. The molecule has 0 saturated carbocycles. The van der Waals surface area contributed by atoms with Gasteiger partial charge in [0, 0.05) is 17.2 Å². The minimum Gasteiger partial charge on any atom is -0.269 e. The summed E-state index contributed by atoms with van der Waals surface area (Å²) in [5, 5.41) is 0. The Hall–Kier alpha value is -1.76. The predicted octanol–water partition coefficient (Wildman–Crippen LogP) is 2.41. The first-order valence-electron chi connectivity index (χ1n) is 6.55. The van der Waals surface area contributed by atoms with E-state index in [9.17, 15) is 22.0 Å². The van der Waals surface area contributed by atoms with Crippen LogP contribution in [0.5, 0.6) is 0 Å². The third-order valence-electron chi connectivity index (χ3n) is 3.19. The molecule has 0 heterocycles. The van der Waals surface area contributed by atoms with Crippen molar-refractivity contribution in [2.24, 2.45) is 0 Å². The van der Waals surface area contributed by atoms with Gasteiger partial charge in [0.15, 0.2) is 0 Å². The Morgan fingerprint density at radius 2 is 2.00 bits per heavy atom. The van der Waals surface area contributed by atoms with Gasteiger partial charge < -0.3 is 0 Å². The zero-order chi connectivity index (χ0) is 15.5. The maximum Gasteiger partial charge on any atom is 0.260 e. The van der Waals surface area contributed by atoms with Gasteiger partial charge in [0.1, 0.15) is 11.6 Å². The van der Waals surface area contributed by atoms with Gasteiger partial charge in [-0.1, -0.05) is 12.1 Å². The monoisotopic (exact) mass is 315 g/mol. The second-order valence-corrected chi connectivity index (χ2v) is 6.62. The van der Waals surface area contributed by atoms with Crippen molar-refractivity contribution in [2.75, 3.05) is 0 Å². The summed E-state index contributed by atoms with van der Waals surface area (Å²) in [4.78, 5) is 11.8. The highest BCUT2D eigenvalue weighted by Gasteiger charge is 2.21. The van der Waals surface area contributed by atoms with Crippen molar-refractivity contribution >= 4 is 15.9 Å². The van der Waals surface area contributed by atoms with Crippen LogP contribution in [0.15, 0.2) is 29.8 Å². The van der Waals surface area contributed by atoms with Gasteiger partial charge in [-0.05, 0) is 31.7 Å². The molecule has 0 spiro atoms. The first-order chi connectivity index (χ1) is 9.87. The van der Waals surface area contributed by atoms with Crippen LogP contribution in [0.25, 0.3) is 0 Å². The van der Waals surface area contributed by atoms with E-state index in [1.165, 1.54) is 0 Å². The maximum atomic E-state index is 13.4. The summed E-state index contributed by atoms with van der Waals surface area (Å²) in [6, 6.07) is 2.63. The van der Waals surface area contributed by atoms with E-state index in [4.69, 9.17) is 0 Å². The van der Waals surface area contributed by atoms with Gasteiger partial charge in [-0.15, -0.1) is 0 Å². The largest absolute Gasteiger partial charge is 0.269 e. The number of halogens is 2. The van der Waals surface area contributed by atoms with Gasteiger partial charge in [-0.3, -0.25) is 4.79 Å². The van der Waals surface area contributed by atoms with Crippen LogP contribution >= 0.6 is 0 Å². The zero-order valence-corrected chi connectivity index (χ0v) is 12.1. The third-order valence-corrected chi connectivity index (χ3v) is 4.38. The second kappa shape index (κ2) is 6.34. The fraction of sp³-hybridized carbons (Fsp3) is 0.357. The number of hydrogen-bond acceptors (Lipinski definition) is 3. The van der Waals surface area contributed by atoms with E-state index in [0.717, 1.165) is 31.4 Å². The molecule has 1 amide bonds. The first kappa shape index (κ1) is 15.6. The van der Waals surface area contributed by atoms with Gasteiger partial charge >= 0.3 is 0 Å². The lowest BCUT2D eigenvalue weighted by molar-refractivity contribution is -0.116. The lowest BCUT2D eigenvalue weighted by Gasteiger charge is -2.13. The van der Waals surface area contributed by atoms with Crippen LogP contribution in [0.1, 0.15) is 31.2 Å². The van der Waals surface area contributed by atoms with Gasteiger partial charge in [-0.2, -0.15) is 0 Å². The molecule has 1 aliphatic carbocycles. The molecule has 1 N–H and O–H groups in total. The zero-order valence-electron chi connectivity index (χ0n) is 11.2. The SMILES string of the molecule is O=C(NS(=O)(=O)Cc1ccc(F)cc1F)C1=CCCCC1. The van der Waals surface area contributed by atoms with Gasteiger partial charge in [0.25, 0.3) is 5.91 Å². The highest BCUT2D eigenvalue weighted by molar-refractivity contribution is 7.89. The molecule has 0 fully saturated rings. The fourth-order valence-corrected chi connectivity index (χ4v) is 3.26. The van der Waals surface area contributed by atoms with Crippen molar-refractivity contribution in [1.29, 1.82) is 0 Å². The molecule has 0 atom stereocenters. The van der Waals surface area contributed by atoms with Crippen LogP contribution in [-0.2, 0) is 20.6 Å². The summed E-state index contributed by atoms with van der Waals surface area (Å²) < 4.78 is 51.9. The minimum absolute atomic E-state index is 0.186. The molecule has 1 aromatic carbocycles. The van der Waals surface area contributed by atoms with Crippen molar-refractivity contribution in [3.8, 4) is 0 Å². The van der Waals surface area contributed by atoms with E-state index in [1.54, 1.807) is 6.08 Å². The Morgan fingerprint density at radius 1 is 1.24 bits per heavy atom. The number of hydrogen-bond donors (Lipinski definition) is 1. The van der Waals surface area contributed by atoms with Crippen molar-refractivity contribution in [3.05, 3.63) is 47.0 Å². The topological polar surface area (TPSA) is 63.2 Å². The standard InChI is InChI=1S/C14H15F2NO3S/c15-12-7-6-11(13(16)8-12)9-21(19,20)17-14(18)10-4-2-1-3-5-10/h4,6-8H,1-3,5,9H2,(H,17,18). The van der Waals surface area contributed by atoms with E-state index in [-0.39, 0.29) is 5.56 Å². The Balaban J connectivity index is 2.08. The highest BCUT2D eigenvalue weighted by atomic mass is 32.2. The third kappa shape index (κ3) is 4.35. The number of amides is 1. The molecular formula is C14H15F2NO3S. The summed E-state index contributed by atoms with van der Waals surface area (Å²) in [7, 11) is -4.02. The van der Waals surface area contributed by atoms with Crippen LogP contribution in [0, 0.1) is 11.6 Å². The Labute approximate surface area is 121 Å². The molecule has 1 aromatic rings. The van der Waals surface area contributed by atoms with Gasteiger partial charge in [0.2, 0.25) is 10.0 Å². The van der Waals surface area contributed by atoms with Gasteiger partial charge in [-0.25, -0.2) is 21.9 Å². The average molecular weight is 315 g/mol. The highest BCUT2D eigenvalue weighted by Crippen LogP contribution is 2.18. The van der Waals surface area contributed by atoms with E-state index in [1.807, 2.05) is 4.72 Å². The molecule has 0 saturated heterocycles. The molecule has 1 aliphatic rings. The molecule has 0 aliphatic heterocycles. The predicted molar refractivity (Wildman–Crippen MR) is 73.7 cm³/mol. The molecule has 0 radical (unpaired) electrons. The second-order valence-electron chi connectivity index (χ2n) is 4.90. The number of carbonyl (C=O) groups is 1. The quantitative estimate of drug-likeness (QED) is 0.928. The fourth-order valence-electron chi connectivity index (χ4n) is 2.13. The molecule has 0 unspecified atom stereocenters. The molecule has 0 bridgehead atoms. The van der Waals surface area contributed by atoms with Crippen molar-refractivity contribution in [3.63, 3.8) is 0 Å². The number of allylic oxidation sites excluding steroid dienone is 1. The van der Waals surface area contributed by atoms with Crippen LogP contribution in [-0.4, -0.2) is 14.3 Å². The molecular weight excluding hydrogens is 300 g/mol. The van der Waals surface area contributed by atoms with Gasteiger partial charge in [0.05, 0.1) is 5.75 Å². The van der Waals surface area contributed by atoms with E-state index in [0.29, 0.717) is 18.1 Å². The number of sulfonamides is 1. The average Bonchev–Trinajstić information content (AvgIpc) is 2.42. The molecule has 4 nitrogen and oxygen atoms in total. The Morgan fingerprint density at radius 3 is 2.62 bits per heavy atom. The summed E-state index contributed by atoms with van der Waals surface area (Å²) in [5.41, 5.74) is 0.249. The van der Waals surface area contributed by atoms with Crippen LogP contribution in [0.3, 0.4) is 0 Å². The summed E-state index contributed by atoms with van der Waals surface area (Å²) in [5.74, 6) is -3.12. The van der Waals surface area contributed by atoms with Crippen LogP contribution in [0.2, 0.25) is 0 Å². The minimum atomic E-state index is -4.02. The number of carbonyl (C=O) groups excluding carboxylic acids is 1. The van der Waals surface area contributed by atoms with E-state index >= 15 is 0 Å². The van der Waals surface area contributed by atoms with Crippen LogP contribution in [0.4, 0.5) is 8.78 Å². The Bertz CT molecular complexity index is 683. The summed E-state index contributed by atoms with van der Waals surface area (Å²) >= 11 is 0. The first-order valence-corrected chi connectivity index (χ1v) is 8.20. The lowest BCUT2D eigenvalue weighted by Crippen LogP contribution is -2.33. The lowest BCUT2D eigenvalue weighted by atomic mass is 9.99. The van der Waals surface area contributed by atoms with E-state index < -0.39 is 33.3 Å². The summed E-state index contributed by atoms with van der Waals surface area (Å²) in [6.07, 6.45) is 4.81.